The van der Waals surface area contributed by atoms with Crippen LogP contribution >= 0.6 is 0 Å². The summed E-state index contributed by atoms with van der Waals surface area (Å²) in [6.45, 7) is 9.10. The van der Waals surface area contributed by atoms with Crippen molar-refractivity contribution in [3.05, 3.63) is 18.1 Å². The van der Waals surface area contributed by atoms with Crippen molar-refractivity contribution in [2.24, 2.45) is 17.2 Å². The number of anilines is 1. The first-order chi connectivity index (χ1) is 8.36. The third kappa shape index (κ3) is 3.66. The van der Waals surface area contributed by atoms with Gasteiger partial charge in [-0.15, -0.1) is 0 Å². The van der Waals surface area contributed by atoms with Gasteiger partial charge in [-0.1, -0.05) is 27.7 Å². The third-order valence-electron chi connectivity index (χ3n) is 3.30. The first-order valence-corrected chi connectivity index (χ1v) is 5.93. The molecule has 0 aliphatic carbocycles. The molecule has 6 nitrogen and oxygen atoms in total. The van der Waals surface area contributed by atoms with Crippen LogP contribution in [0.4, 0.5) is 5.82 Å². The lowest BCUT2D eigenvalue weighted by Crippen LogP contribution is -2.37. The number of rotatable bonds is 5. The molecule has 0 spiro atoms. The number of nitrogens with one attached hydrogen (secondary N) is 2. The highest BCUT2D eigenvalue weighted by molar-refractivity contribution is 5.92. The molecule has 1 rings (SSSR count). The van der Waals surface area contributed by atoms with E-state index >= 15 is 0 Å². The lowest BCUT2D eigenvalue weighted by Gasteiger charge is -2.29. The van der Waals surface area contributed by atoms with E-state index in [1.54, 1.807) is 0 Å². The minimum Gasteiger partial charge on any atom is -0.350 e. The molecule has 0 fully saturated rings. The zero-order valence-corrected chi connectivity index (χ0v) is 11.3. The van der Waals surface area contributed by atoms with Crippen molar-refractivity contribution < 1.29 is 4.79 Å². The lowest BCUT2D eigenvalue weighted by atomic mass is 9.81. The molecule has 0 saturated heterocycles. The summed E-state index contributed by atoms with van der Waals surface area (Å²) in [6, 6.07) is 0. The zero-order chi connectivity index (χ0) is 13.8. The Balaban J connectivity index is 2.60. The van der Waals surface area contributed by atoms with Crippen molar-refractivity contribution in [1.29, 1.82) is 0 Å². The van der Waals surface area contributed by atoms with Crippen molar-refractivity contribution >= 4 is 11.7 Å². The van der Waals surface area contributed by atoms with E-state index in [4.69, 9.17) is 5.84 Å². The molecule has 0 aliphatic rings. The molecule has 0 atom stereocenters. The molecule has 1 amide bonds. The number of hydrogen-bond acceptors (Lipinski definition) is 5. The van der Waals surface area contributed by atoms with Crippen molar-refractivity contribution in [2.45, 2.75) is 27.7 Å². The maximum absolute atomic E-state index is 11.8. The van der Waals surface area contributed by atoms with Gasteiger partial charge in [-0.05, 0) is 11.3 Å². The van der Waals surface area contributed by atoms with Crippen LogP contribution in [0.5, 0.6) is 0 Å². The smallest absolute Gasteiger partial charge is 0.271 e. The standard InChI is InChI=1S/C12H21N5O/c1-8(2)12(3,4)7-16-11(18)9-5-15-10(17-13)6-14-9/h5-6,8H,7,13H2,1-4H3,(H,15,17)(H,16,18). The number of nitrogen functional groups attached to an aromatic ring is 1. The van der Waals surface area contributed by atoms with Crippen LogP contribution in [0.2, 0.25) is 0 Å². The van der Waals surface area contributed by atoms with Gasteiger partial charge in [0.15, 0.2) is 5.82 Å². The Hall–Kier alpha value is -1.69. The number of nitrogens with two attached hydrogens (primary N) is 1. The van der Waals surface area contributed by atoms with E-state index in [-0.39, 0.29) is 17.0 Å². The lowest BCUT2D eigenvalue weighted by molar-refractivity contribution is 0.0919. The van der Waals surface area contributed by atoms with Gasteiger partial charge in [0.05, 0.1) is 12.4 Å². The topological polar surface area (TPSA) is 92.9 Å². The van der Waals surface area contributed by atoms with E-state index < -0.39 is 0 Å². The van der Waals surface area contributed by atoms with E-state index in [2.05, 4.69) is 48.4 Å². The molecule has 4 N–H and O–H groups in total. The second kappa shape index (κ2) is 5.77. The van der Waals surface area contributed by atoms with Crippen LogP contribution in [0.25, 0.3) is 0 Å². The Labute approximate surface area is 107 Å². The average molecular weight is 251 g/mol. The molecule has 1 aromatic rings. The minimum atomic E-state index is -0.222. The Morgan fingerprint density at radius 3 is 2.50 bits per heavy atom. The monoisotopic (exact) mass is 251 g/mol. The van der Waals surface area contributed by atoms with Crippen LogP contribution in [0, 0.1) is 11.3 Å². The Bertz CT molecular complexity index is 399. The quantitative estimate of drug-likeness (QED) is 0.539. The summed E-state index contributed by atoms with van der Waals surface area (Å²) in [4.78, 5) is 19.8. The summed E-state index contributed by atoms with van der Waals surface area (Å²) >= 11 is 0. The summed E-state index contributed by atoms with van der Waals surface area (Å²) in [5.41, 5.74) is 2.69. The normalized spacial score (nSPS) is 11.4. The molecule has 1 aromatic heterocycles. The molecular weight excluding hydrogens is 230 g/mol. The molecule has 6 heteroatoms. The second-order valence-electron chi connectivity index (χ2n) is 5.26. The summed E-state index contributed by atoms with van der Waals surface area (Å²) in [5.74, 6) is 5.85. The van der Waals surface area contributed by atoms with E-state index in [0.29, 0.717) is 18.3 Å². The molecule has 0 radical (unpaired) electrons. The van der Waals surface area contributed by atoms with Gasteiger partial charge in [0, 0.05) is 6.54 Å². The number of aromatic nitrogens is 2. The maximum atomic E-state index is 11.8. The number of nitrogens with zero attached hydrogens (tertiary/aromatic N) is 2. The highest BCUT2D eigenvalue weighted by atomic mass is 16.1. The largest absolute Gasteiger partial charge is 0.350 e. The van der Waals surface area contributed by atoms with Crippen LogP contribution in [0.1, 0.15) is 38.2 Å². The van der Waals surface area contributed by atoms with Crippen molar-refractivity contribution in [2.75, 3.05) is 12.0 Å². The number of hydrazine groups is 1. The molecule has 0 bridgehead atoms. The summed E-state index contributed by atoms with van der Waals surface area (Å²) in [7, 11) is 0. The number of carbonyl (C=O) groups excluding carboxylic acids is 1. The van der Waals surface area contributed by atoms with E-state index in [1.807, 2.05) is 0 Å². The second-order valence-corrected chi connectivity index (χ2v) is 5.26. The maximum Gasteiger partial charge on any atom is 0.271 e. The van der Waals surface area contributed by atoms with Gasteiger partial charge >= 0.3 is 0 Å². The van der Waals surface area contributed by atoms with Gasteiger partial charge in [-0.2, -0.15) is 0 Å². The molecule has 100 valence electrons. The summed E-state index contributed by atoms with van der Waals surface area (Å²) in [5, 5.41) is 2.86. The highest BCUT2D eigenvalue weighted by Gasteiger charge is 2.23. The zero-order valence-electron chi connectivity index (χ0n) is 11.3. The average Bonchev–Trinajstić information content (AvgIpc) is 2.36. The molecule has 0 saturated carbocycles. The fourth-order valence-electron chi connectivity index (χ4n) is 1.12. The molecule has 0 aromatic carbocycles. The molecule has 0 aliphatic heterocycles. The van der Waals surface area contributed by atoms with Gasteiger partial charge in [0.2, 0.25) is 0 Å². The molecular formula is C12H21N5O. The van der Waals surface area contributed by atoms with Gasteiger partial charge in [0.25, 0.3) is 5.91 Å². The fraction of sp³-hybridized carbons (Fsp3) is 0.583. The predicted octanol–water partition coefficient (Wildman–Crippen LogP) is 1.17. The van der Waals surface area contributed by atoms with Crippen molar-refractivity contribution in [3.8, 4) is 0 Å². The van der Waals surface area contributed by atoms with Crippen LogP contribution in [0.15, 0.2) is 12.4 Å². The van der Waals surface area contributed by atoms with Gasteiger partial charge < -0.3 is 10.7 Å². The van der Waals surface area contributed by atoms with Crippen LogP contribution in [0.3, 0.4) is 0 Å². The van der Waals surface area contributed by atoms with Crippen molar-refractivity contribution in [3.63, 3.8) is 0 Å². The summed E-state index contributed by atoms with van der Waals surface area (Å²) < 4.78 is 0. The van der Waals surface area contributed by atoms with E-state index in [0.717, 1.165) is 0 Å². The Kier molecular flexibility index (Phi) is 4.61. The highest BCUT2D eigenvalue weighted by Crippen LogP contribution is 2.24. The number of carbonyl (C=O) groups is 1. The van der Waals surface area contributed by atoms with Gasteiger partial charge in [0.1, 0.15) is 5.69 Å². The number of amides is 1. The first-order valence-electron chi connectivity index (χ1n) is 5.93. The molecule has 1 heterocycles. The van der Waals surface area contributed by atoms with E-state index in [1.165, 1.54) is 12.4 Å². The van der Waals surface area contributed by atoms with E-state index in [9.17, 15) is 4.79 Å². The Morgan fingerprint density at radius 2 is 2.06 bits per heavy atom. The third-order valence-corrected chi connectivity index (χ3v) is 3.30. The fourth-order valence-corrected chi connectivity index (χ4v) is 1.12. The SMILES string of the molecule is CC(C)C(C)(C)CNC(=O)c1cnc(NN)cn1. The van der Waals surface area contributed by atoms with Crippen molar-refractivity contribution in [1.82, 2.24) is 15.3 Å². The number of hydrogen-bond donors (Lipinski definition) is 3. The van der Waals surface area contributed by atoms with Crippen LogP contribution in [-0.2, 0) is 0 Å². The summed E-state index contributed by atoms with van der Waals surface area (Å²) in [6.07, 6.45) is 2.81. The van der Waals surface area contributed by atoms with Crippen LogP contribution in [-0.4, -0.2) is 22.4 Å². The minimum absolute atomic E-state index is 0.0435. The first kappa shape index (κ1) is 14.4. The predicted molar refractivity (Wildman–Crippen MR) is 70.8 cm³/mol. The Morgan fingerprint density at radius 1 is 1.39 bits per heavy atom. The van der Waals surface area contributed by atoms with Gasteiger partial charge in [-0.25, -0.2) is 15.8 Å². The van der Waals surface area contributed by atoms with Gasteiger partial charge in [-0.3, -0.25) is 4.79 Å². The van der Waals surface area contributed by atoms with Crippen LogP contribution < -0.4 is 16.6 Å². The molecule has 0 unspecified atom stereocenters. The molecule has 18 heavy (non-hydrogen) atoms.